The molecule has 0 unspecified atom stereocenters. The Morgan fingerprint density at radius 2 is 1.68 bits per heavy atom. The highest BCUT2D eigenvalue weighted by Gasteiger charge is 2.38. The van der Waals surface area contributed by atoms with Crippen LogP contribution in [0.2, 0.25) is 0 Å². The largest absolute Gasteiger partial charge is 0.496 e. The van der Waals surface area contributed by atoms with Crippen LogP contribution in [0.15, 0.2) is 30.3 Å². The van der Waals surface area contributed by atoms with Gasteiger partial charge in [0.05, 0.1) is 24.2 Å². The number of nitrogen functional groups attached to an aromatic ring is 1. The maximum absolute atomic E-state index is 13.7. The van der Waals surface area contributed by atoms with Gasteiger partial charge in [-0.25, -0.2) is 9.97 Å². The van der Waals surface area contributed by atoms with Gasteiger partial charge < -0.3 is 26.0 Å². The minimum Gasteiger partial charge on any atom is -0.496 e. The summed E-state index contributed by atoms with van der Waals surface area (Å²) < 4.78 is 46.5. The zero-order valence-electron chi connectivity index (χ0n) is 31.5. The standard InChI is InChI=1S/C41H56F3N7O2/c1-26(31-20-32(41(42,43)44)22-33(45)21-31)47-38-35-23-34(37(53-3)24-36(35)48-27(2)49-38)29-4-6-30(7-5-29)39(52)51-18-16-50(17-19-51)25-28-8-10-40(11-9-28)12-14-46-15-13-40/h20-24,26,28-30,46H,4-19,25,45H2,1-3H3,(H,47,48,49)/t26-,29?,30?/m1/s1. The molecule has 288 valence electrons. The van der Waals surface area contributed by atoms with Crippen LogP contribution in [-0.2, 0) is 11.0 Å². The SMILES string of the molecule is COc1cc2nc(C)nc(N[C@H](C)c3cc(N)cc(C(F)(F)F)c3)c2cc1C1CCC(C(=O)N2CCN(CC3CCC4(CCNCC4)CC3)CC2)CC1. The molecule has 2 saturated heterocycles. The summed E-state index contributed by atoms with van der Waals surface area (Å²) in [6, 6.07) is 7.10. The van der Waals surface area contributed by atoms with Crippen molar-refractivity contribution in [3.8, 4) is 5.75 Å². The number of nitrogens with two attached hydrogens (primary N) is 1. The Morgan fingerprint density at radius 3 is 2.34 bits per heavy atom. The number of hydrogen-bond acceptors (Lipinski definition) is 8. The van der Waals surface area contributed by atoms with Gasteiger partial charge in [-0.2, -0.15) is 13.2 Å². The molecule has 2 saturated carbocycles. The number of methoxy groups -OCH3 is 1. The lowest BCUT2D eigenvalue weighted by Gasteiger charge is -2.45. The molecule has 1 atom stereocenters. The van der Waals surface area contributed by atoms with Crippen LogP contribution in [0.4, 0.5) is 24.7 Å². The number of carbonyl (C=O) groups is 1. The number of amides is 1. The van der Waals surface area contributed by atoms with Crippen molar-refractivity contribution in [2.45, 2.75) is 96.2 Å². The number of halogens is 3. The fourth-order valence-corrected chi connectivity index (χ4v) is 9.63. The average molecular weight is 736 g/mol. The first kappa shape index (κ1) is 37.7. The number of benzene rings is 2. The van der Waals surface area contributed by atoms with Gasteiger partial charge in [0.25, 0.3) is 0 Å². The molecule has 12 heteroatoms. The van der Waals surface area contributed by atoms with Gasteiger partial charge in [0.1, 0.15) is 17.4 Å². The number of ether oxygens (including phenoxy) is 1. The monoisotopic (exact) mass is 735 g/mol. The zero-order valence-corrected chi connectivity index (χ0v) is 31.5. The number of nitrogens with zero attached hydrogens (tertiary/aromatic N) is 4. The van der Waals surface area contributed by atoms with Crippen molar-refractivity contribution in [3.05, 3.63) is 52.8 Å². The van der Waals surface area contributed by atoms with Gasteiger partial charge in [-0.1, -0.05) is 0 Å². The molecule has 4 N–H and O–H groups in total. The number of anilines is 2. The van der Waals surface area contributed by atoms with Crippen molar-refractivity contribution in [3.63, 3.8) is 0 Å². The highest BCUT2D eigenvalue weighted by molar-refractivity contribution is 5.91. The molecular formula is C41H56F3N7O2. The molecule has 0 bridgehead atoms. The molecule has 4 fully saturated rings. The second-order valence-corrected chi connectivity index (χ2v) is 16.4. The third-order valence-electron chi connectivity index (χ3n) is 12.9. The molecule has 2 aliphatic heterocycles. The zero-order chi connectivity index (χ0) is 37.3. The average Bonchev–Trinajstić information content (AvgIpc) is 3.15. The first-order chi connectivity index (χ1) is 25.4. The van der Waals surface area contributed by atoms with E-state index in [1.165, 1.54) is 58.2 Å². The van der Waals surface area contributed by atoms with E-state index in [-0.39, 0.29) is 17.5 Å². The quantitative estimate of drug-likeness (QED) is 0.202. The number of piperazine rings is 1. The number of carbonyl (C=O) groups excluding carboxylic acids is 1. The van der Waals surface area contributed by atoms with Crippen LogP contribution in [0.5, 0.6) is 5.75 Å². The number of alkyl halides is 3. The minimum atomic E-state index is -4.50. The molecule has 4 aliphatic rings. The van der Waals surface area contributed by atoms with Crippen molar-refractivity contribution in [2.75, 3.05) is 64.0 Å². The Morgan fingerprint density at radius 1 is 0.981 bits per heavy atom. The second kappa shape index (κ2) is 15.6. The molecule has 1 spiro atoms. The molecule has 2 aliphatic carbocycles. The normalized spacial score (nSPS) is 23.6. The van der Waals surface area contributed by atoms with Crippen molar-refractivity contribution < 1.29 is 22.7 Å². The fraction of sp³-hybridized carbons (Fsp3) is 0.634. The van der Waals surface area contributed by atoms with Gasteiger partial charge in [0.15, 0.2) is 0 Å². The molecule has 3 heterocycles. The van der Waals surface area contributed by atoms with Crippen molar-refractivity contribution in [2.24, 2.45) is 17.3 Å². The fourth-order valence-electron chi connectivity index (χ4n) is 9.63. The van der Waals surface area contributed by atoms with E-state index in [0.717, 1.165) is 86.6 Å². The Labute approximate surface area is 311 Å². The lowest BCUT2D eigenvalue weighted by atomic mass is 9.65. The van der Waals surface area contributed by atoms with Gasteiger partial charge in [-0.3, -0.25) is 9.69 Å². The van der Waals surface area contributed by atoms with E-state index in [2.05, 4.69) is 36.5 Å². The maximum Gasteiger partial charge on any atom is 0.416 e. The second-order valence-electron chi connectivity index (χ2n) is 16.4. The molecule has 2 aromatic carbocycles. The molecular weight excluding hydrogens is 679 g/mol. The predicted molar refractivity (Wildman–Crippen MR) is 203 cm³/mol. The minimum absolute atomic E-state index is 0.0349. The van der Waals surface area contributed by atoms with Crippen LogP contribution >= 0.6 is 0 Å². The van der Waals surface area contributed by atoms with Crippen molar-refractivity contribution in [1.82, 2.24) is 25.1 Å². The molecule has 7 rings (SSSR count). The first-order valence-corrected chi connectivity index (χ1v) is 19.7. The highest BCUT2D eigenvalue weighted by Crippen LogP contribution is 2.46. The summed E-state index contributed by atoms with van der Waals surface area (Å²) in [5.41, 5.74) is 7.88. The third-order valence-corrected chi connectivity index (χ3v) is 12.9. The molecule has 3 aromatic rings. The molecule has 1 aromatic heterocycles. The molecule has 53 heavy (non-hydrogen) atoms. The predicted octanol–water partition coefficient (Wildman–Crippen LogP) is 7.70. The third kappa shape index (κ3) is 8.53. The lowest BCUT2D eigenvalue weighted by molar-refractivity contribution is -0.139. The smallest absolute Gasteiger partial charge is 0.416 e. The highest BCUT2D eigenvalue weighted by atomic mass is 19.4. The number of rotatable bonds is 8. The van der Waals surface area contributed by atoms with Gasteiger partial charge in [0, 0.05) is 55.8 Å². The van der Waals surface area contributed by atoms with Crippen LogP contribution in [-0.4, -0.2) is 78.6 Å². The van der Waals surface area contributed by atoms with Crippen molar-refractivity contribution in [1.29, 1.82) is 0 Å². The van der Waals surface area contributed by atoms with Crippen LogP contribution in [0.3, 0.4) is 0 Å². The Hall–Kier alpha value is -3.64. The molecule has 9 nitrogen and oxygen atoms in total. The lowest BCUT2D eigenvalue weighted by Crippen LogP contribution is -2.51. The summed E-state index contributed by atoms with van der Waals surface area (Å²) in [6.45, 7) is 10.7. The van der Waals surface area contributed by atoms with E-state index in [1.54, 1.807) is 27.0 Å². The van der Waals surface area contributed by atoms with E-state index in [9.17, 15) is 18.0 Å². The maximum atomic E-state index is 13.7. The Balaban J connectivity index is 0.965. The molecule has 0 radical (unpaired) electrons. The summed E-state index contributed by atoms with van der Waals surface area (Å²) in [6.07, 6.45) is 7.04. The van der Waals surface area contributed by atoms with Gasteiger partial charge in [0.2, 0.25) is 5.91 Å². The summed E-state index contributed by atoms with van der Waals surface area (Å²) in [5.74, 6) is 3.15. The summed E-state index contributed by atoms with van der Waals surface area (Å²) in [5, 5.41) is 7.64. The Bertz CT molecular complexity index is 1750. The molecule has 1 amide bonds. The summed E-state index contributed by atoms with van der Waals surface area (Å²) in [7, 11) is 1.66. The van der Waals surface area contributed by atoms with E-state index < -0.39 is 17.8 Å². The van der Waals surface area contributed by atoms with Gasteiger partial charge >= 0.3 is 6.18 Å². The van der Waals surface area contributed by atoms with E-state index in [1.807, 2.05) is 6.07 Å². The number of fused-ring (bicyclic) bond motifs is 1. The topological polar surface area (TPSA) is 109 Å². The number of hydrogen-bond donors (Lipinski definition) is 3. The first-order valence-electron chi connectivity index (χ1n) is 19.7. The number of piperidine rings is 1. The summed E-state index contributed by atoms with van der Waals surface area (Å²) >= 11 is 0. The van der Waals surface area contributed by atoms with Crippen LogP contribution < -0.4 is 21.1 Å². The van der Waals surface area contributed by atoms with Crippen molar-refractivity contribution >= 4 is 28.3 Å². The van der Waals surface area contributed by atoms with E-state index in [0.29, 0.717) is 34.0 Å². The van der Waals surface area contributed by atoms with Gasteiger partial charge in [-0.05, 0) is 144 Å². The van der Waals surface area contributed by atoms with E-state index in [4.69, 9.17) is 10.5 Å². The van der Waals surface area contributed by atoms with E-state index >= 15 is 0 Å². The number of nitrogens with one attached hydrogen (secondary N) is 2. The van der Waals surface area contributed by atoms with Crippen LogP contribution in [0.25, 0.3) is 10.9 Å². The Kier molecular flexibility index (Phi) is 11.1. The summed E-state index contributed by atoms with van der Waals surface area (Å²) in [4.78, 5) is 27.8. The van der Waals surface area contributed by atoms with Gasteiger partial charge in [-0.15, -0.1) is 0 Å². The number of aryl methyl sites for hydroxylation is 1. The number of aromatic nitrogens is 2. The van der Waals surface area contributed by atoms with Crippen LogP contribution in [0.1, 0.15) is 106 Å². The van der Waals surface area contributed by atoms with Crippen LogP contribution in [0, 0.1) is 24.2 Å².